The molecule has 1 unspecified atom stereocenters. The van der Waals surface area contributed by atoms with Gasteiger partial charge in [-0.2, -0.15) is 8.78 Å². The third kappa shape index (κ3) is 1.94. The van der Waals surface area contributed by atoms with Crippen molar-refractivity contribution in [3.63, 3.8) is 0 Å². The molecule has 10 heavy (non-hydrogen) atoms. The fourth-order valence-corrected chi connectivity index (χ4v) is 1.27. The summed E-state index contributed by atoms with van der Waals surface area (Å²) >= 11 is 4.83. The predicted octanol–water partition coefficient (Wildman–Crippen LogP) is 3.17. The molecule has 0 amide bonds. The molecule has 0 aromatic heterocycles. The third-order valence-corrected chi connectivity index (χ3v) is 1.96. The van der Waals surface area contributed by atoms with Crippen LogP contribution in [0.4, 0.5) is 8.78 Å². The van der Waals surface area contributed by atoms with Gasteiger partial charge in [-0.25, -0.2) is 0 Å². The van der Waals surface area contributed by atoms with Crippen LogP contribution in [0.3, 0.4) is 0 Å². The molecular formula is C7H9ClF2. The minimum absolute atomic E-state index is 0.507. The van der Waals surface area contributed by atoms with Gasteiger partial charge in [-0.3, -0.25) is 0 Å². The van der Waals surface area contributed by atoms with Crippen LogP contribution in [0.15, 0.2) is 12.2 Å². The second-order valence-corrected chi connectivity index (χ2v) is 3.01. The van der Waals surface area contributed by atoms with E-state index in [-0.39, 0.29) is 0 Å². The molecule has 1 atom stereocenters. The first kappa shape index (κ1) is 7.99. The molecule has 0 aromatic rings. The number of alkyl halides is 3. The van der Waals surface area contributed by atoms with Crippen LogP contribution in [-0.2, 0) is 0 Å². The number of hydrogen-bond acceptors (Lipinski definition) is 0. The van der Waals surface area contributed by atoms with Crippen molar-refractivity contribution < 1.29 is 8.78 Å². The van der Waals surface area contributed by atoms with Crippen molar-refractivity contribution in [2.75, 3.05) is 0 Å². The highest BCUT2D eigenvalue weighted by Gasteiger charge is 2.35. The Morgan fingerprint density at radius 3 is 2.50 bits per heavy atom. The van der Waals surface area contributed by atoms with Gasteiger partial charge < -0.3 is 0 Å². The van der Waals surface area contributed by atoms with Crippen molar-refractivity contribution >= 4 is 11.6 Å². The minimum Gasteiger partial charge on any atom is -0.188 e. The van der Waals surface area contributed by atoms with Crippen LogP contribution in [0.1, 0.15) is 19.3 Å². The summed E-state index contributed by atoms with van der Waals surface area (Å²) in [6.07, 6.45) is 5.51. The Morgan fingerprint density at radius 2 is 2.20 bits per heavy atom. The van der Waals surface area contributed by atoms with Crippen LogP contribution in [0.2, 0.25) is 0 Å². The van der Waals surface area contributed by atoms with Crippen molar-refractivity contribution in [1.82, 2.24) is 0 Å². The van der Waals surface area contributed by atoms with E-state index in [1.165, 1.54) is 6.08 Å². The lowest BCUT2D eigenvalue weighted by molar-refractivity contribution is 0.0437. The topological polar surface area (TPSA) is 0 Å². The SMILES string of the molecule is FC(F)(Cl)C1C=CCCC1. The molecule has 0 spiro atoms. The monoisotopic (exact) mass is 166 g/mol. The highest BCUT2D eigenvalue weighted by molar-refractivity contribution is 6.22. The largest absolute Gasteiger partial charge is 0.327 e. The van der Waals surface area contributed by atoms with Crippen LogP contribution in [0.5, 0.6) is 0 Å². The molecule has 0 saturated heterocycles. The van der Waals surface area contributed by atoms with E-state index in [1.807, 2.05) is 0 Å². The third-order valence-electron chi connectivity index (χ3n) is 1.67. The van der Waals surface area contributed by atoms with Gasteiger partial charge in [-0.15, -0.1) is 0 Å². The molecule has 0 heterocycles. The lowest BCUT2D eigenvalue weighted by Gasteiger charge is -2.20. The number of allylic oxidation sites excluding steroid dienone is 2. The van der Waals surface area contributed by atoms with E-state index in [4.69, 9.17) is 11.6 Å². The Morgan fingerprint density at radius 1 is 1.50 bits per heavy atom. The van der Waals surface area contributed by atoms with Crippen LogP contribution in [0, 0.1) is 5.92 Å². The average molecular weight is 167 g/mol. The summed E-state index contributed by atoms with van der Waals surface area (Å²) < 4.78 is 24.6. The summed E-state index contributed by atoms with van der Waals surface area (Å²) in [7, 11) is 0. The molecule has 1 aliphatic carbocycles. The van der Waals surface area contributed by atoms with Crippen LogP contribution >= 0.6 is 11.6 Å². The number of hydrogen-bond donors (Lipinski definition) is 0. The van der Waals surface area contributed by atoms with Crippen LogP contribution in [0.25, 0.3) is 0 Å². The van der Waals surface area contributed by atoms with E-state index < -0.39 is 11.3 Å². The first-order valence-electron chi connectivity index (χ1n) is 3.34. The second kappa shape index (κ2) is 2.87. The first-order chi connectivity index (χ1) is 4.61. The zero-order valence-electron chi connectivity index (χ0n) is 5.49. The van der Waals surface area contributed by atoms with Gasteiger partial charge in [0.1, 0.15) is 0 Å². The summed E-state index contributed by atoms with van der Waals surface area (Å²) in [6, 6.07) is 0. The van der Waals surface area contributed by atoms with Crippen LogP contribution < -0.4 is 0 Å². The Balaban J connectivity index is 2.55. The molecule has 0 aliphatic heterocycles. The molecule has 1 aliphatic rings. The number of halogens is 3. The summed E-state index contributed by atoms with van der Waals surface area (Å²) in [5.74, 6) is -0.747. The van der Waals surface area contributed by atoms with Gasteiger partial charge in [0.15, 0.2) is 0 Å². The van der Waals surface area contributed by atoms with E-state index in [9.17, 15) is 8.78 Å². The zero-order chi connectivity index (χ0) is 7.61. The molecular weight excluding hydrogens is 158 g/mol. The molecule has 0 N–H and O–H groups in total. The molecule has 58 valence electrons. The molecule has 0 aromatic carbocycles. The maximum absolute atomic E-state index is 12.3. The van der Waals surface area contributed by atoms with Gasteiger partial charge in [0.05, 0.1) is 5.92 Å². The Bertz CT molecular complexity index is 137. The zero-order valence-corrected chi connectivity index (χ0v) is 6.24. The van der Waals surface area contributed by atoms with E-state index in [0.717, 1.165) is 12.8 Å². The van der Waals surface area contributed by atoms with Crippen molar-refractivity contribution in [1.29, 1.82) is 0 Å². The van der Waals surface area contributed by atoms with Crippen molar-refractivity contribution in [3.8, 4) is 0 Å². The standard InChI is InChI=1S/C7H9ClF2/c8-7(9,10)6-4-2-1-3-5-6/h2,4,6H,1,3,5H2. The molecule has 0 fully saturated rings. The predicted molar refractivity (Wildman–Crippen MR) is 37.3 cm³/mol. The summed E-state index contributed by atoms with van der Waals surface area (Å²) in [5.41, 5.74) is 0. The van der Waals surface area contributed by atoms with E-state index in [2.05, 4.69) is 0 Å². The Labute approximate surface area is 63.9 Å². The van der Waals surface area contributed by atoms with E-state index >= 15 is 0 Å². The van der Waals surface area contributed by atoms with Gasteiger partial charge in [-0.05, 0) is 30.9 Å². The quantitative estimate of drug-likeness (QED) is 0.415. The summed E-state index contributed by atoms with van der Waals surface area (Å²) in [5, 5.41) is -3.04. The molecule has 0 bridgehead atoms. The van der Waals surface area contributed by atoms with Gasteiger partial charge >= 0.3 is 5.38 Å². The molecule has 0 nitrogen and oxygen atoms in total. The van der Waals surface area contributed by atoms with Gasteiger partial charge in [0.2, 0.25) is 0 Å². The maximum Gasteiger partial charge on any atom is 0.327 e. The highest BCUT2D eigenvalue weighted by atomic mass is 35.5. The fourth-order valence-electron chi connectivity index (χ4n) is 1.09. The molecule has 3 heteroatoms. The molecule has 0 radical (unpaired) electrons. The van der Waals surface area contributed by atoms with Gasteiger partial charge in [0.25, 0.3) is 0 Å². The Hall–Kier alpha value is -0.110. The van der Waals surface area contributed by atoms with E-state index in [0.29, 0.717) is 6.42 Å². The fraction of sp³-hybridized carbons (Fsp3) is 0.714. The lowest BCUT2D eigenvalue weighted by atomic mass is 9.96. The van der Waals surface area contributed by atoms with Gasteiger partial charge in [0, 0.05) is 0 Å². The molecule has 1 rings (SSSR count). The smallest absolute Gasteiger partial charge is 0.188 e. The molecule has 0 saturated carbocycles. The van der Waals surface area contributed by atoms with Crippen molar-refractivity contribution in [3.05, 3.63) is 12.2 Å². The summed E-state index contributed by atoms with van der Waals surface area (Å²) in [4.78, 5) is 0. The second-order valence-electron chi connectivity index (χ2n) is 2.51. The lowest BCUT2D eigenvalue weighted by Crippen LogP contribution is -2.20. The number of rotatable bonds is 1. The highest BCUT2D eigenvalue weighted by Crippen LogP contribution is 2.35. The maximum atomic E-state index is 12.3. The van der Waals surface area contributed by atoms with Crippen molar-refractivity contribution in [2.45, 2.75) is 24.6 Å². The van der Waals surface area contributed by atoms with Crippen molar-refractivity contribution in [2.24, 2.45) is 5.92 Å². The van der Waals surface area contributed by atoms with Gasteiger partial charge in [-0.1, -0.05) is 12.2 Å². The van der Waals surface area contributed by atoms with E-state index in [1.54, 1.807) is 6.08 Å². The normalized spacial score (nSPS) is 26.9. The van der Waals surface area contributed by atoms with Crippen LogP contribution in [-0.4, -0.2) is 5.38 Å². The Kier molecular flexibility index (Phi) is 2.29. The average Bonchev–Trinajstić information content (AvgIpc) is 1.88. The first-order valence-corrected chi connectivity index (χ1v) is 3.72. The minimum atomic E-state index is -3.04. The summed E-state index contributed by atoms with van der Waals surface area (Å²) in [6.45, 7) is 0.